The summed E-state index contributed by atoms with van der Waals surface area (Å²) in [5, 5.41) is 18.0. The molecule has 6 heteroatoms. The molecule has 0 spiro atoms. The highest BCUT2D eigenvalue weighted by atomic mass is 16.3. The number of anilines is 2. The molecule has 0 bridgehead atoms. The van der Waals surface area contributed by atoms with E-state index >= 15 is 0 Å². The van der Waals surface area contributed by atoms with Crippen molar-refractivity contribution in [2.45, 2.75) is 13.0 Å². The van der Waals surface area contributed by atoms with E-state index in [9.17, 15) is 9.90 Å². The molecule has 2 aromatic heterocycles. The van der Waals surface area contributed by atoms with E-state index in [1.807, 2.05) is 66.7 Å². The number of phenols is 1. The van der Waals surface area contributed by atoms with Crippen LogP contribution in [0.4, 0.5) is 11.4 Å². The Bertz CT molecular complexity index is 1140. The van der Waals surface area contributed by atoms with Crippen LogP contribution in [0.2, 0.25) is 0 Å². The summed E-state index contributed by atoms with van der Waals surface area (Å²) in [6.07, 6.45) is 3.38. The van der Waals surface area contributed by atoms with Gasteiger partial charge in [0.15, 0.2) is 0 Å². The normalized spacial score (nSPS) is 11.8. The first-order valence-electron chi connectivity index (χ1n) is 9.23. The molecular formula is C23H20N4O2. The Morgan fingerprint density at radius 2 is 1.66 bits per heavy atom. The molecule has 4 aromatic rings. The summed E-state index contributed by atoms with van der Waals surface area (Å²) in [6, 6.07) is 20.3. The van der Waals surface area contributed by atoms with E-state index in [0.29, 0.717) is 11.1 Å². The third-order valence-corrected chi connectivity index (χ3v) is 4.59. The molecule has 0 unspecified atom stereocenters. The van der Waals surface area contributed by atoms with Gasteiger partial charge >= 0.3 is 0 Å². The molecule has 144 valence electrons. The molecule has 1 atom stereocenters. The number of carbonyl (C=O) groups excluding carboxylic acids is 1. The van der Waals surface area contributed by atoms with E-state index in [0.717, 1.165) is 22.5 Å². The van der Waals surface area contributed by atoms with Crippen molar-refractivity contribution in [3.8, 4) is 5.75 Å². The van der Waals surface area contributed by atoms with Gasteiger partial charge in [0.1, 0.15) is 11.3 Å². The average Bonchev–Trinajstić information content (AvgIpc) is 2.74. The minimum Gasteiger partial charge on any atom is -0.505 e. The Hall–Kier alpha value is -3.93. The summed E-state index contributed by atoms with van der Waals surface area (Å²) in [7, 11) is 0. The number of pyridine rings is 2. The lowest BCUT2D eigenvalue weighted by atomic mass is 9.99. The van der Waals surface area contributed by atoms with Crippen LogP contribution in [0.3, 0.4) is 0 Å². The molecule has 4 rings (SSSR count). The number of hydrogen-bond donors (Lipinski definition) is 3. The highest BCUT2D eigenvalue weighted by molar-refractivity contribution is 5.89. The van der Waals surface area contributed by atoms with Gasteiger partial charge in [-0.2, -0.15) is 0 Å². The molecule has 6 nitrogen and oxygen atoms in total. The van der Waals surface area contributed by atoms with Gasteiger partial charge in [-0.05, 0) is 42.5 Å². The number of aromatic nitrogens is 2. The maximum Gasteiger partial charge on any atom is 0.221 e. The molecular weight excluding hydrogens is 364 g/mol. The van der Waals surface area contributed by atoms with Gasteiger partial charge in [-0.15, -0.1) is 0 Å². The van der Waals surface area contributed by atoms with Crippen LogP contribution in [0.1, 0.15) is 24.2 Å². The van der Waals surface area contributed by atoms with E-state index in [2.05, 4.69) is 20.6 Å². The Labute approximate surface area is 168 Å². The molecule has 0 saturated heterocycles. The number of hydrogen-bond acceptors (Lipinski definition) is 5. The molecule has 2 aromatic carbocycles. The number of amides is 1. The number of fused-ring (bicyclic) bond motifs is 1. The number of carbonyl (C=O) groups is 1. The minimum atomic E-state index is -0.380. The van der Waals surface area contributed by atoms with Crippen LogP contribution in [0.5, 0.6) is 5.75 Å². The highest BCUT2D eigenvalue weighted by Crippen LogP contribution is 2.35. The van der Waals surface area contributed by atoms with Gasteiger partial charge in [0.25, 0.3) is 0 Å². The molecule has 2 heterocycles. The molecule has 0 saturated carbocycles. The molecule has 3 N–H and O–H groups in total. The van der Waals surface area contributed by atoms with Crippen LogP contribution in [0.15, 0.2) is 79.1 Å². The maximum atomic E-state index is 11.2. The lowest BCUT2D eigenvalue weighted by Gasteiger charge is -2.22. The van der Waals surface area contributed by atoms with Crippen molar-refractivity contribution >= 4 is 28.2 Å². The molecule has 0 radical (unpaired) electrons. The predicted molar refractivity (Wildman–Crippen MR) is 114 cm³/mol. The van der Waals surface area contributed by atoms with Crippen LogP contribution in [-0.4, -0.2) is 21.0 Å². The van der Waals surface area contributed by atoms with Crippen LogP contribution in [-0.2, 0) is 4.79 Å². The second kappa shape index (κ2) is 7.98. The maximum absolute atomic E-state index is 11.2. The van der Waals surface area contributed by atoms with Gasteiger partial charge in [-0.1, -0.05) is 24.3 Å². The minimum absolute atomic E-state index is 0.120. The fourth-order valence-corrected chi connectivity index (χ4v) is 3.26. The fourth-order valence-electron chi connectivity index (χ4n) is 3.26. The summed E-state index contributed by atoms with van der Waals surface area (Å²) < 4.78 is 0. The monoisotopic (exact) mass is 384 g/mol. The van der Waals surface area contributed by atoms with Crippen LogP contribution >= 0.6 is 0 Å². The number of nitrogens with zero attached hydrogens (tertiary/aromatic N) is 2. The quantitative estimate of drug-likeness (QED) is 0.472. The third kappa shape index (κ3) is 4.01. The van der Waals surface area contributed by atoms with Crippen LogP contribution < -0.4 is 10.6 Å². The largest absolute Gasteiger partial charge is 0.505 e. The lowest BCUT2D eigenvalue weighted by Crippen LogP contribution is -2.14. The Morgan fingerprint density at radius 1 is 0.897 bits per heavy atom. The zero-order valence-corrected chi connectivity index (χ0v) is 15.8. The molecule has 0 fully saturated rings. The highest BCUT2D eigenvalue weighted by Gasteiger charge is 2.21. The fraction of sp³-hybridized carbons (Fsp3) is 0.0870. The van der Waals surface area contributed by atoms with Gasteiger partial charge in [-0.25, -0.2) is 0 Å². The van der Waals surface area contributed by atoms with Gasteiger partial charge in [0.05, 0.1) is 11.7 Å². The van der Waals surface area contributed by atoms with Crippen LogP contribution in [0, 0.1) is 0 Å². The van der Waals surface area contributed by atoms with Crippen molar-refractivity contribution in [1.29, 1.82) is 0 Å². The molecule has 0 aliphatic heterocycles. The topological polar surface area (TPSA) is 87.1 Å². The van der Waals surface area contributed by atoms with Gasteiger partial charge < -0.3 is 15.7 Å². The van der Waals surface area contributed by atoms with Gasteiger partial charge in [0.2, 0.25) is 5.91 Å². The summed E-state index contributed by atoms with van der Waals surface area (Å²) >= 11 is 0. The average molecular weight is 384 g/mol. The number of nitrogens with one attached hydrogen (secondary N) is 2. The van der Waals surface area contributed by atoms with E-state index in [1.165, 1.54) is 6.92 Å². The van der Waals surface area contributed by atoms with E-state index in [-0.39, 0.29) is 17.7 Å². The second-order valence-corrected chi connectivity index (χ2v) is 6.67. The SMILES string of the molecule is CC(=O)Nc1ccc(N[C@@H](c2ccccn2)c2ccc3cccnc3c2O)cc1. The van der Waals surface area contributed by atoms with Crippen molar-refractivity contribution in [3.63, 3.8) is 0 Å². The number of benzene rings is 2. The standard InChI is InChI=1S/C23H20N4O2/c1-15(28)26-17-8-10-18(11-9-17)27-22(20-6-2-3-13-24-20)19-12-7-16-5-4-14-25-21(16)23(19)29/h2-14,22,27,29H,1H3,(H,26,28)/t22-/m1/s1. The third-order valence-electron chi connectivity index (χ3n) is 4.59. The molecule has 1 amide bonds. The lowest BCUT2D eigenvalue weighted by molar-refractivity contribution is -0.114. The summed E-state index contributed by atoms with van der Waals surface area (Å²) in [5.74, 6) is 0.00627. The molecule has 0 aliphatic carbocycles. The van der Waals surface area contributed by atoms with Crippen LogP contribution in [0.25, 0.3) is 10.9 Å². The van der Waals surface area contributed by atoms with E-state index in [1.54, 1.807) is 12.4 Å². The van der Waals surface area contributed by atoms with Crippen molar-refractivity contribution in [2.24, 2.45) is 0 Å². The summed E-state index contributed by atoms with van der Waals surface area (Å²) in [6.45, 7) is 1.47. The second-order valence-electron chi connectivity index (χ2n) is 6.67. The first kappa shape index (κ1) is 18.4. The smallest absolute Gasteiger partial charge is 0.221 e. The Kier molecular flexibility index (Phi) is 5.07. The van der Waals surface area contributed by atoms with Gasteiger partial charge in [0, 0.05) is 41.6 Å². The first-order chi connectivity index (χ1) is 14.1. The van der Waals surface area contributed by atoms with Crippen molar-refractivity contribution in [1.82, 2.24) is 9.97 Å². The van der Waals surface area contributed by atoms with Crippen molar-refractivity contribution in [2.75, 3.05) is 10.6 Å². The summed E-state index contributed by atoms with van der Waals surface area (Å²) in [5.41, 5.74) is 3.55. The van der Waals surface area contributed by atoms with Gasteiger partial charge in [-0.3, -0.25) is 14.8 Å². The Balaban J connectivity index is 1.73. The zero-order chi connectivity index (χ0) is 20.2. The first-order valence-corrected chi connectivity index (χ1v) is 9.23. The molecule has 0 aliphatic rings. The predicted octanol–water partition coefficient (Wildman–Crippen LogP) is 4.50. The zero-order valence-electron chi connectivity index (χ0n) is 15.8. The van der Waals surface area contributed by atoms with E-state index in [4.69, 9.17) is 0 Å². The summed E-state index contributed by atoms with van der Waals surface area (Å²) in [4.78, 5) is 20.0. The number of aromatic hydroxyl groups is 1. The molecule has 29 heavy (non-hydrogen) atoms. The Morgan fingerprint density at radius 3 is 2.38 bits per heavy atom. The van der Waals surface area contributed by atoms with E-state index < -0.39 is 0 Å². The van der Waals surface area contributed by atoms with Crippen molar-refractivity contribution in [3.05, 3.63) is 90.4 Å². The number of phenolic OH excluding ortho intramolecular Hbond substituents is 1. The van der Waals surface area contributed by atoms with Crippen molar-refractivity contribution < 1.29 is 9.90 Å². The number of rotatable bonds is 5.